The van der Waals surface area contributed by atoms with Crippen LogP contribution in [0.25, 0.3) is 11.1 Å². The highest BCUT2D eigenvalue weighted by molar-refractivity contribution is 5.97. The molecule has 0 fully saturated rings. The summed E-state index contributed by atoms with van der Waals surface area (Å²) in [4.78, 5) is 0. The lowest BCUT2D eigenvalue weighted by Gasteiger charge is -2.09. The number of nitrogens with zero attached hydrogens (tertiary/aromatic N) is 1. The molecule has 0 bridgehead atoms. The molecule has 0 radical (unpaired) electrons. The van der Waals surface area contributed by atoms with Gasteiger partial charge in [0.25, 0.3) is 0 Å². The summed E-state index contributed by atoms with van der Waals surface area (Å²) >= 11 is 0. The second-order valence-corrected chi connectivity index (χ2v) is 4.94. The Morgan fingerprint density at radius 3 is 2.25 bits per heavy atom. The van der Waals surface area contributed by atoms with Crippen molar-refractivity contribution in [3.05, 3.63) is 70.5 Å². The van der Waals surface area contributed by atoms with Gasteiger partial charge in [-0.1, -0.05) is 35.9 Å². The van der Waals surface area contributed by atoms with Crippen molar-refractivity contribution >= 4 is 11.1 Å². The SMILES string of the molecule is C/C(=C(/C#N)c1ccc(F)cc1C)c1ccc(C)cc1. The van der Waals surface area contributed by atoms with Crippen molar-refractivity contribution in [2.45, 2.75) is 20.8 Å². The number of allylic oxidation sites excluding steroid dienone is 2. The smallest absolute Gasteiger partial charge is 0.123 e. The normalized spacial score (nSPS) is 11.8. The maximum atomic E-state index is 13.2. The Hall–Kier alpha value is -2.40. The Labute approximate surface area is 119 Å². The predicted molar refractivity (Wildman–Crippen MR) is 80.4 cm³/mol. The first-order chi connectivity index (χ1) is 9.52. The third-order valence-corrected chi connectivity index (χ3v) is 3.43. The van der Waals surface area contributed by atoms with Crippen molar-refractivity contribution in [1.29, 1.82) is 5.26 Å². The minimum absolute atomic E-state index is 0.281. The summed E-state index contributed by atoms with van der Waals surface area (Å²) in [5.41, 5.74) is 5.24. The average Bonchev–Trinajstić information content (AvgIpc) is 2.42. The van der Waals surface area contributed by atoms with Crippen molar-refractivity contribution in [2.75, 3.05) is 0 Å². The Morgan fingerprint density at radius 1 is 1.05 bits per heavy atom. The van der Waals surface area contributed by atoms with Gasteiger partial charge in [-0.3, -0.25) is 0 Å². The average molecular weight is 265 g/mol. The quantitative estimate of drug-likeness (QED) is 0.560. The molecule has 2 aromatic carbocycles. The Morgan fingerprint density at radius 2 is 1.70 bits per heavy atom. The van der Waals surface area contributed by atoms with Crippen molar-refractivity contribution < 1.29 is 4.39 Å². The van der Waals surface area contributed by atoms with Gasteiger partial charge in [0.1, 0.15) is 11.9 Å². The third kappa shape index (κ3) is 2.78. The van der Waals surface area contributed by atoms with E-state index in [1.54, 1.807) is 6.07 Å². The van der Waals surface area contributed by atoms with E-state index in [9.17, 15) is 9.65 Å². The predicted octanol–water partition coefficient (Wildman–Crippen LogP) is 4.90. The summed E-state index contributed by atoms with van der Waals surface area (Å²) < 4.78 is 13.2. The fourth-order valence-electron chi connectivity index (χ4n) is 2.20. The molecule has 0 aliphatic heterocycles. The molecule has 0 unspecified atom stereocenters. The zero-order chi connectivity index (χ0) is 14.7. The lowest BCUT2D eigenvalue weighted by Crippen LogP contribution is -1.92. The lowest BCUT2D eigenvalue weighted by atomic mass is 9.93. The molecule has 0 aromatic heterocycles. The summed E-state index contributed by atoms with van der Waals surface area (Å²) in [5, 5.41) is 9.46. The van der Waals surface area contributed by atoms with Crippen LogP contribution >= 0.6 is 0 Å². The van der Waals surface area contributed by atoms with Gasteiger partial charge in [-0.2, -0.15) is 5.26 Å². The van der Waals surface area contributed by atoms with Gasteiger partial charge < -0.3 is 0 Å². The molecule has 0 aliphatic rings. The highest BCUT2D eigenvalue weighted by atomic mass is 19.1. The fraction of sp³-hybridized carbons (Fsp3) is 0.167. The molecule has 0 heterocycles. The van der Waals surface area contributed by atoms with E-state index in [0.29, 0.717) is 5.57 Å². The second-order valence-electron chi connectivity index (χ2n) is 4.94. The number of aryl methyl sites for hydroxylation is 2. The van der Waals surface area contributed by atoms with Crippen LogP contribution < -0.4 is 0 Å². The number of hydrogen-bond donors (Lipinski definition) is 0. The summed E-state index contributed by atoms with van der Waals surface area (Å²) in [6.07, 6.45) is 0. The van der Waals surface area contributed by atoms with Gasteiger partial charge >= 0.3 is 0 Å². The molecule has 100 valence electrons. The van der Waals surface area contributed by atoms with Crippen LogP contribution in [0.5, 0.6) is 0 Å². The molecule has 20 heavy (non-hydrogen) atoms. The standard InChI is InChI=1S/C18H16FN/c1-12-4-6-15(7-5-12)14(3)18(11-20)17-9-8-16(19)10-13(17)2/h4-10H,1-3H3/b18-14+. The maximum Gasteiger partial charge on any atom is 0.123 e. The van der Waals surface area contributed by atoms with Crippen LogP contribution in [0.3, 0.4) is 0 Å². The Bertz CT molecular complexity index is 703. The molecular formula is C18H16FN. The van der Waals surface area contributed by atoms with Gasteiger partial charge in [-0.15, -0.1) is 0 Å². The molecule has 2 aromatic rings. The molecule has 1 nitrogen and oxygen atoms in total. The van der Waals surface area contributed by atoms with Gasteiger partial charge in [0.2, 0.25) is 0 Å². The molecule has 0 saturated heterocycles. The Balaban J connectivity index is 2.58. The molecule has 0 N–H and O–H groups in total. The number of nitriles is 1. The fourth-order valence-corrected chi connectivity index (χ4v) is 2.20. The first-order valence-electron chi connectivity index (χ1n) is 6.47. The molecule has 0 amide bonds. The van der Waals surface area contributed by atoms with Crippen LogP contribution in [0.4, 0.5) is 4.39 Å². The number of halogens is 1. The minimum atomic E-state index is -0.281. The van der Waals surface area contributed by atoms with Crippen LogP contribution in [-0.4, -0.2) is 0 Å². The van der Waals surface area contributed by atoms with E-state index < -0.39 is 0 Å². The van der Waals surface area contributed by atoms with Crippen molar-refractivity contribution in [2.24, 2.45) is 0 Å². The number of rotatable bonds is 2. The first-order valence-corrected chi connectivity index (χ1v) is 6.47. The van der Waals surface area contributed by atoms with E-state index in [1.807, 2.05) is 45.0 Å². The van der Waals surface area contributed by atoms with Crippen LogP contribution in [0.1, 0.15) is 29.2 Å². The molecule has 2 heteroatoms. The molecule has 2 rings (SSSR count). The van der Waals surface area contributed by atoms with Crippen LogP contribution in [-0.2, 0) is 0 Å². The van der Waals surface area contributed by atoms with Gasteiger partial charge in [-0.05, 0) is 55.2 Å². The third-order valence-electron chi connectivity index (χ3n) is 3.43. The van der Waals surface area contributed by atoms with Crippen LogP contribution in [0, 0.1) is 31.0 Å². The maximum absolute atomic E-state index is 13.2. The zero-order valence-corrected chi connectivity index (χ0v) is 11.9. The summed E-state index contributed by atoms with van der Waals surface area (Å²) in [6, 6.07) is 14.8. The Kier molecular flexibility index (Phi) is 4.00. The molecule has 0 atom stereocenters. The highest BCUT2D eigenvalue weighted by Gasteiger charge is 2.10. The molecule has 0 aliphatic carbocycles. The largest absolute Gasteiger partial charge is 0.207 e. The zero-order valence-electron chi connectivity index (χ0n) is 11.9. The minimum Gasteiger partial charge on any atom is -0.207 e. The van der Waals surface area contributed by atoms with Gasteiger partial charge in [0, 0.05) is 0 Å². The van der Waals surface area contributed by atoms with E-state index in [1.165, 1.54) is 17.7 Å². The summed E-state index contributed by atoms with van der Waals surface area (Å²) in [7, 11) is 0. The molecule has 0 saturated carbocycles. The molecular weight excluding hydrogens is 249 g/mol. The van der Waals surface area contributed by atoms with E-state index >= 15 is 0 Å². The number of benzene rings is 2. The van der Waals surface area contributed by atoms with Gasteiger partial charge in [0.15, 0.2) is 0 Å². The molecule has 0 spiro atoms. The second kappa shape index (κ2) is 5.71. The van der Waals surface area contributed by atoms with Crippen LogP contribution in [0.15, 0.2) is 42.5 Å². The van der Waals surface area contributed by atoms with Gasteiger partial charge in [-0.25, -0.2) is 4.39 Å². The topological polar surface area (TPSA) is 23.8 Å². The van der Waals surface area contributed by atoms with Gasteiger partial charge in [0.05, 0.1) is 5.57 Å². The number of hydrogen-bond acceptors (Lipinski definition) is 1. The summed E-state index contributed by atoms with van der Waals surface area (Å²) in [5.74, 6) is -0.281. The van der Waals surface area contributed by atoms with E-state index in [0.717, 1.165) is 22.3 Å². The first kappa shape index (κ1) is 14.0. The lowest BCUT2D eigenvalue weighted by molar-refractivity contribution is 0.626. The van der Waals surface area contributed by atoms with Crippen molar-refractivity contribution in [3.63, 3.8) is 0 Å². The van der Waals surface area contributed by atoms with E-state index in [4.69, 9.17) is 0 Å². The monoisotopic (exact) mass is 265 g/mol. The van der Waals surface area contributed by atoms with E-state index in [2.05, 4.69) is 6.07 Å². The van der Waals surface area contributed by atoms with Crippen molar-refractivity contribution in [3.8, 4) is 6.07 Å². The van der Waals surface area contributed by atoms with Crippen LogP contribution in [0.2, 0.25) is 0 Å². The van der Waals surface area contributed by atoms with Crippen molar-refractivity contribution in [1.82, 2.24) is 0 Å². The van der Waals surface area contributed by atoms with E-state index in [-0.39, 0.29) is 5.82 Å². The highest BCUT2D eigenvalue weighted by Crippen LogP contribution is 2.28. The summed E-state index contributed by atoms with van der Waals surface area (Å²) in [6.45, 7) is 5.77.